The van der Waals surface area contributed by atoms with Crippen LogP contribution in [0.15, 0.2) is 12.3 Å². The molecule has 0 atom stereocenters. The molecule has 5 nitrogen and oxygen atoms in total. The van der Waals surface area contributed by atoms with Gasteiger partial charge in [-0.3, -0.25) is 4.79 Å². The minimum absolute atomic E-state index is 0.00642. The summed E-state index contributed by atoms with van der Waals surface area (Å²) in [5, 5.41) is 12.0. The van der Waals surface area contributed by atoms with Gasteiger partial charge in [0.25, 0.3) is 5.91 Å². The second kappa shape index (κ2) is 6.73. The number of nitrogens with zero attached hydrogens (tertiary/aromatic N) is 2. The summed E-state index contributed by atoms with van der Waals surface area (Å²) in [6, 6.07) is 1.63. The molecule has 1 saturated heterocycles. The van der Waals surface area contributed by atoms with Gasteiger partial charge >= 0.3 is 0 Å². The minimum Gasteiger partial charge on any atom is -0.395 e. The maximum atomic E-state index is 12.2. The van der Waals surface area contributed by atoms with Crippen LogP contribution in [-0.4, -0.2) is 47.1 Å². The molecule has 1 amide bonds. The molecule has 19 heavy (non-hydrogen) atoms. The normalized spacial score (nSPS) is 15.4. The van der Waals surface area contributed by atoms with Gasteiger partial charge in [-0.15, -0.1) is 0 Å². The zero-order chi connectivity index (χ0) is 13.7. The molecule has 104 valence electrons. The van der Waals surface area contributed by atoms with Gasteiger partial charge in [-0.1, -0.05) is 11.6 Å². The SMILES string of the molecule is O=C(c1cnc(NCCO)c(Cl)c1)N1CCCCC1. The summed E-state index contributed by atoms with van der Waals surface area (Å²) >= 11 is 6.07. The number of aliphatic hydroxyl groups is 1. The van der Waals surface area contributed by atoms with Crippen LogP contribution in [0, 0.1) is 0 Å². The highest BCUT2D eigenvalue weighted by Gasteiger charge is 2.19. The van der Waals surface area contributed by atoms with Gasteiger partial charge in [0.2, 0.25) is 0 Å². The number of anilines is 1. The molecule has 2 N–H and O–H groups in total. The van der Waals surface area contributed by atoms with Gasteiger partial charge in [-0.2, -0.15) is 0 Å². The molecule has 1 aromatic rings. The Hall–Kier alpha value is -1.33. The summed E-state index contributed by atoms with van der Waals surface area (Å²) in [6.07, 6.45) is 4.83. The number of likely N-dealkylation sites (tertiary alicyclic amines) is 1. The fraction of sp³-hybridized carbons (Fsp3) is 0.538. The van der Waals surface area contributed by atoms with Crippen molar-refractivity contribution in [2.75, 3.05) is 31.6 Å². The highest BCUT2D eigenvalue weighted by molar-refractivity contribution is 6.33. The van der Waals surface area contributed by atoms with Crippen LogP contribution in [0.25, 0.3) is 0 Å². The second-order valence-corrected chi connectivity index (χ2v) is 4.96. The third kappa shape index (κ3) is 3.58. The van der Waals surface area contributed by atoms with Crippen molar-refractivity contribution >= 4 is 23.3 Å². The van der Waals surface area contributed by atoms with Gasteiger partial charge in [0.15, 0.2) is 0 Å². The van der Waals surface area contributed by atoms with Gasteiger partial charge in [0.05, 0.1) is 17.2 Å². The van der Waals surface area contributed by atoms with Gasteiger partial charge < -0.3 is 15.3 Å². The molecule has 0 aliphatic carbocycles. The number of rotatable bonds is 4. The van der Waals surface area contributed by atoms with Crippen molar-refractivity contribution in [3.63, 3.8) is 0 Å². The number of amides is 1. The first-order valence-electron chi connectivity index (χ1n) is 6.52. The van der Waals surface area contributed by atoms with Crippen LogP contribution < -0.4 is 5.32 Å². The van der Waals surface area contributed by atoms with Crippen molar-refractivity contribution in [3.05, 3.63) is 22.8 Å². The lowest BCUT2D eigenvalue weighted by Crippen LogP contribution is -2.35. The van der Waals surface area contributed by atoms with Crippen molar-refractivity contribution in [3.8, 4) is 0 Å². The van der Waals surface area contributed by atoms with E-state index in [0.717, 1.165) is 25.9 Å². The molecule has 0 unspecified atom stereocenters. The van der Waals surface area contributed by atoms with E-state index < -0.39 is 0 Å². The number of carbonyl (C=O) groups is 1. The lowest BCUT2D eigenvalue weighted by atomic mass is 10.1. The zero-order valence-electron chi connectivity index (χ0n) is 10.7. The second-order valence-electron chi connectivity index (χ2n) is 4.56. The highest BCUT2D eigenvalue weighted by Crippen LogP contribution is 2.21. The molecular formula is C13H18ClN3O2. The van der Waals surface area contributed by atoms with E-state index in [-0.39, 0.29) is 12.5 Å². The zero-order valence-corrected chi connectivity index (χ0v) is 11.5. The average molecular weight is 284 g/mol. The molecule has 0 saturated carbocycles. The molecule has 0 spiro atoms. The quantitative estimate of drug-likeness (QED) is 0.884. The van der Waals surface area contributed by atoms with Crippen LogP contribution in [0.1, 0.15) is 29.6 Å². The maximum Gasteiger partial charge on any atom is 0.255 e. The third-order valence-electron chi connectivity index (χ3n) is 3.14. The predicted octanol–water partition coefficient (Wildman–Crippen LogP) is 1.77. The summed E-state index contributed by atoms with van der Waals surface area (Å²) in [5.74, 6) is 0.480. The minimum atomic E-state index is -0.0113. The topological polar surface area (TPSA) is 65.5 Å². The molecule has 1 fully saturated rings. The molecule has 0 aromatic carbocycles. The van der Waals surface area contributed by atoms with E-state index in [0.29, 0.717) is 22.9 Å². The Bertz CT molecular complexity index is 448. The lowest BCUT2D eigenvalue weighted by molar-refractivity contribution is 0.0724. The van der Waals surface area contributed by atoms with E-state index in [9.17, 15) is 4.79 Å². The Balaban J connectivity index is 2.07. The van der Waals surface area contributed by atoms with Gasteiger partial charge in [-0.05, 0) is 25.3 Å². The highest BCUT2D eigenvalue weighted by atomic mass is 35.5. The number of hydrogen-bond donors (Lipinski definition) is 2. The molecular weight excluding hydrogens is 266 g/mol. The molecule has 2 heterocycles. The van der Waals surface area contributed by atoms with Crippen molar-refractivity contribution in [1.82, 2.24) is 9.88 Å². The number of carbonyl (C=O) groups excluding carboxylic acids is 1. The molecule has 6 heteroatoms. The standard InChI is InChI=1S/C13H18ClN3O2/c14-11-8-10(9-16-12(11)15-4-7-18)13(19)17-5-2-1-3-6-17/h8-9,18H,1-7H2,(H,15,16). The number of hydrogen-bond acceptors (Lipinski definition) is 4. The average Bonchev–Trinajstić information content (AvgIpc) is 2.46. The summed E-state index contributed by atoms with van der Waals surface area (Å²) in [7, 11) is 0. The summed E-state index contributed by atoms with van der Waals surface area (Å²) < 4.78 is 0. The Kier molecular flexibility index (Phi) is 4.99. The van der Waals surface area contributed by atoms with E-state index in [1.54, 1.807) is 6.07 Å². The number of pyridine rings is 1. The number of aromatic nitrogens is 1. The Morgan fingerprint density at radius 1 is 1.42 bits per heavy atom. The number of piperidine rings is 1. The van der Waals surface area contributed by atoms with Crippen molar-refractivity contribution in [2.45, 2.75) is 19.3 Å². The van der Waals surface area contributed by atoms with Crippen LogP contribution in [-0.2, 0) is 0 Å². The van der Waals surface area contributed by atoms with E-state index >= 15 is 0 Å². The summed E-state index contributed by atoms with van der Waals surface area (Å²) in [6.45, 7) is 2.00. The van der Waals surface area contributed by atoms with E-state index in [4.69, 9.17) is 16.7 Å². The van der Waals surface area contributed by atoms with Gasteiger partial charge in [-0.25, -0.2) is 4.98 Å². The maximum absolute atomic E-state index is 12.2. The molecule has 2 rings (SSSR count). The lowest BCUT2D eigenvalue weighted by Gasteiger charge is -2.26. The van der Waals surface area contributed by atoms with E-state index in [1.807, 2.05) is 4.90 Å². The fourth-order valence-electron chi connectivity index (χ4n) is 2.14. The summed E-state index contributed by atoms with van der Waals surface area (Å²) in [4.78, 5) is 18.2. The number of halogens is 1. The third-order valence-corrected chi connectivity index (χ3v) is 3.42. The molecule has 0 radical (unpaired) electrons. The summed E-state index contributed by atoms with van der Waals surface area (Å²) in [5.41, 5.74) is 0.515. The largest absolute Gasteiger partial charge is 0.395 e. The monoisotopic (exact) mass is 283 g/mol. The van der Waals surface area contributed by atoms with Crippen LogP contribution in [0.3, 0.4) is 0 Å². The molecule has 1 aliphatic heterocycles. The van der Waals surface area contributed by atoms with Crippen LogP contribution in [0.4, 0.5) is 5.82 Å². The van der Waals surface area contributed by atoms with Crippen LogP contribution in [0.5, 0.6) is 0 Å². The first kappa shape index (κ1) is 14.1. The van der Waals surface area contributed by atoms with Crippen LogP contribution in [0.2, 0.25) is 5.02 Å². The first-order valence-corrected chi connectivity index (χ1v) is 6.89. The number of aliphatic hydroxyl groups excluding tert-OH is 1. The first-order chi connectivity index (χ1) is 9.22. The molecule has 0 bridgehead atoms. The van der Waals surface area contributed by atoms with Crippen molar-refractivity contribution < 1.29 is 9.90 Å². The van der Waals surface area contributed by atoms with Crippen molar-refractivity contribution in [1.29, 1.82) is 0 Å². The number of nitrogens with one attached hydrogen (secondary N) is 1. The fourth-order valence-corrected chi connectivity index (χ4v) is 2.37. The Labute approximate surface area is 117 Å². The Morgan fingerprint density at radius 3 is 2.79 bits per heavy atom. The molecule has 1 aromatic heterocycles. The molecule has 1 aliphatic rings. The Morgan fingerprint density at radius 2 is 2.16 bits per heavy atom. The van der Waals surface area contributed by atoms with Crippen molar-refractivity contribution in [2.24, 2.45) is 0 Å². The van der Waals surface area contributed by atoms with Gasteiger partial charge in [0.1, 0.15) is 5.82 Å². The smallest absolute Gasteiger partial charge is 0.255 e. The van der Waals surface area contributed by atoms with E-state index in [1.165, 1.54) is 12.6 Å². The predicted molar refractivity (Wildman–Crippen MR) is 74.6 cm³/mol. The van der Waals surface area contributed by atoms with E-state index in [2.05, 4.69) is 10.3 Å². The van der Waals surface area contributed by atoms with Crippen LogP contribution >= 0.6 is 11.6 Å². The van der Waals surface area contributed by atoms with Gasteiger partial charge in [0, 0.05) is 25.8 Å².